The van der Waals surface area contributed by atoms with Crippen molar-refractivity contribution in [1.82, 2.24) is 5.32 Å². The molecule has 0 bridgehead atoms. The zero-order valence-electron chi connectivity index (χ0n) is 10.2. The summed E-state index contributed by atoms with van der Waals surface area (Å²) in [6.45, 7) is 2.18. The molecule has 2 rings (SSSR count). The van der Waals surface area contributed by atoms with Gasteiger partial charge in [-0.1, -0.05) is 18.2 Å². The van der Waals surface area contributed by atoms with Crippen molar-refractivity contribution in [2.24, 2.45) is 5.92 Å². The third-order valence-corrected chi connectivity index (χ3v) is 3.61. The standard InChI is InChI=1S/C14H22N2O/c15-13-6-2-1-5-12(13)14(17)10-11-4-3-8-16-9-7-11/h1-2,5-6,11,14,16-17H,3-4,7-10,15H2. The molecule has 1 heterocycles. The molecular formula is C14H22N2O. The van der Waals surface area contributed by atoms with E-state index in [4.69, 9.17) is 5.73 Å². The van der Waals surface area contributed by atoms with Crippen LogP contribution in [0.25, 0.3) is 0 Å². The van der Waals surface area contributed by atoms with Crippen LogP contribution in [0.2, 0.25) is 0 Å². The molecule has 3 nitrogen and oxygen atoms in total. The minimum atomic E-state index is -0.417. The van der Waals surface area contributed by atoms with Crippen LogP contribution in [0.15, 0.2) is 24.3 Å². The lowest BCUT2D eigenvalue weighted by Gasteiger charge is -2.19. The van der Waals surface area contributed by atoms with Crippen molar-refractivity contribution in [1.29, 1.82) is 0 Å². The van der Waals surface area contributed by atoms with Crippen LogP contribution in [-0.4, -0.2) is 18.2 Å². The average Bonchev–Trinajstić information content (AvgIpc) is 2.58. The maximum atomic E-state index is 10.2. The van der Waals surface area contributed by atoms with Gasteiger partial charge in [0.1, 0.15) is 0 Å². The number of nitrogen functional groups attached to an aromatic ring is 1. The predicted octanol–water partition coefficient (Wildman–Crippen LogP) is 2.08. The first-order chi connectivity index (χ1) is 8.27. The smallest absolute Gasteiger partial charge is 0.0812 e. The lowest BCUT2D eigenvalue weighted by Crippen LogP contribution is -2.15. The number of para-hydroxylation sites is 1. The molecule has 1 aromatic carbocycles. The van der Waals surface area contributed by atoms with E-state index in [1.165, 1.54) is 12.8 Å². The molecule has 1 saturated heterocycles. The highest BCUT2D eigenvalue weighted by Gasteiger charge is 2.18. The number of aliphatic hydroxyl groups is 1. The van der Waals surface area contributed by atoms with Crippen molar-refractivity contribution in [2.75, 3.05) is 18.8 Å². The second kappa shape index (κ2) is 6.03. The van der Waals surface area contributed by atoms with Crippen molar-refractivity contribution in [3.8, 4) is 0 Å². The van der Waals surface area contributed by atoms with Crippen LogP contribution in [0.4, 0.5) is 5.69 Å². The Hall–Kier alpha value is -1.06. The fourth-order valence-electron chi connectivity index (χ4n) is 2.58. The molecule has 0 spiro atoms. The number of aliphatic hydroxyl groups excluding tert-OH is 1. The zero-order valence-corrected chi connectivity index (χ0v) is 10.2. The summed E-state index contributed by atoms with van der Waals surface area (Å²) in [5, 5.41) is 13.6. The average molecular weight is 234 g/mol. The first-order valence-corrected chi connectivity index (χ1v) is 6.50. The monoisotopic (exact) mass is 234 g/mol. The number of nitrogens with two attached hydrogens (primary N) is 1. The highest BCUT2D eigenvalue weighted by molar-refractivity contribution is 5.47. The molecule has 3 heteroatoms. The number of benzene rings is 1. The quantitative estimate of drug-likeness (QED) is 0.702. The molecule has 1 aliphatic heterocycles. The van der Waals surface area contributed by atoms with Gasteiger partial charge in [-0.15, -0.1) is 0 Å². The zero-order chi connectivity index (χ0) is 12.1. The summed E-state index contributed by atoms with van der Waals surface area (Å²) in [7, 11) is 0. The lowest BCUT2D eigenvalue weighted by atomic mass is 9.91. The van der Waals surface area contributed by atoms with E-state index in [1.807, 2.05) is 24.3 Å². The van der Waals surface area contributed by atoms with Gasteiger partial charge in [-0.3, -0.25) is 0 Å². The molecule has 2 unspecified atom stereocenters. The summed E-state index contributed by atoms with van der Waals surface area (Å²) < 4.78 is 0. The number of nitrogens with one attached hydrogen (secondary N) is 1. The van der Waals surface area contributed by atoms with Crippen LogP contribution >= 0.6 is 0 Å². The van der Waals surface area contributed by atoms with Gasteiger partial charge < -0.3 is 16.2 Å². The minimum Gasteiger partial charge on any atom is -0.398 e. The molecule has 0 aliphatic carbocycles. The van der Waals surface area contributed by atoms with E-state index in [9.17, 15) is 5.11 Å². The fourth-order valence-corrected chi connectivity index (χ4v) is 2.58. The summed E-state index contributed by atoms with van der Waals surface area (Å²) >= 11 is 0. The van der Waals surface area contributed by atoms with Crippen molar-refractivity contribution >= 4 is 5.69 Å². The molecule has 17 heavy (non-hydrogen) atoms. The second-order valence-corrected chi connectivity index (χ2v) is 4.93. The predicted molar refractivity (Wildman–Crippen MR) is 70.6 cm³/mol. The van der Waals surface area contributed by atoms with Crippen molar-refractivity contribution in [2.45, 2.75) is 31.8 Å². The van der Waals surface area contributed by atoms with Gasteiger partial charge in [0.2, 0.25) is 0 Å². The third-order valence-electron chi connectivity index (χ3n) is 3.61. The third kappa shape index (κ3) is 3.45. The van der Waals surface area contributed by atoms with E-state index in [1.54, 1.807) is 0 Å². The number of rotatable bonds is 3. The number of anilines is 1. The van der Waals surface area contributed by atoms with E-state index in [0.717, 1.165) is 31.5 Å². The minimum absolute atomic E-state index is 0.417. The fraction of sp³-hybridized carbons (Fsp3) is 0.571. The SMILES string of the molecule is Nc1ccccc1C(O)CC1CCCNCC1. The maximum absolute atomic E-state index is 10.2. The maximum Gasteiger partial charge on any atom is 0.0812 e. The first kappa shape index (κ1) is 12.4. The largest absolute Gasteiger partial charge is 0.398 e. The molecule has 0 saturated carbocycles. The van der Waals surface area contributed by atoms with Gasteiger partial charge in [-0.25, -0.2) is 0 Å². The highest BCUT2D eigenvalue weighted by atomic mass is 16.3. The van der Waals surface area contributed by atoms with Crippen molar-refractivity contribution < 1.29 is 5.11 Å². The molecule has 2 atom stereocenters. The number of hydrogen-bond acceptors (Lipinski definition) is 3. The van der Waals surface area contributed by atoms with Gasteiger partial charge in [0.25, 0.3) is 0 Å². The first-order valence-electron chi connectivity index (χ1n) is 6.50. The Kier molecular flexibility index (Phi) is 4.40. The number of hydrogen-bond donors (Lipinski definition) is 3. The lowest BCUT2D eigenvalue weighted by molar-refractivity contribution is 0.140. The molecule has 0 amide bonds. The second-order valence-electron chi connectivity index (χ2n) is 4.93. The molecule has 0 aromatic heterocycles. The molecule has 4 N–H and O–H groups in total. The van der Waals surface area contributed by atoms with Gasteiger partial charge in [-0.2, -0.15) is 0 Å². The Morgan fingerprint density at radius 1 is 1.29 bits per heavy atom. The van der Waals surface area contributed by atoms with Gasteiger partial charge in [0, 0.05) is 11.3 Å². The van der Waals surface area contributed by atoms with Crippen LogP contribution in [0.5, 0.6) is 0 Å². The van der Waals surface area contributed by atoms with Gasteiger partial charge >= 0.3 is 0 Å². The molecule has 0 radical (unpaired) electrons. The topological polar surface area (TPSA) is 58.3 Å². The summed E-state index contributed by atoms with van der Waals surface area (Å²) in [6, 6.07) is 7.62. The van der Waals surface area contributed by atoms with Crippen molar-refractivity contribution in [3.05, 3.63) is 29.8 Å². The summed E-state index contributed by atoms with van der Waals surface area (Å²) in [4.78, 5) is 0. The summed E-state index contributed by atoms with van der Waals surface area (Å²) in [5.74, 6) is 0.611. The van der Waals surface area contributed by atoms with Gasteiger partial charge in [-0.05, 0) is 50.8 Å². The van der Waals surface area contributed by atoms with Gasteiger partial charge in [0.15, 0.2) is 0 Å². The molecular weight excluding hydrogens is 212 g/mol. The Morgan fingerprint density at radius 3 is 2.94 bits per heavy atom. The highest BCUT2D eigenvalue weighted by Crippen LogP contribution is 2.29. The summed E-state index contributed by atoms with van der Waals surface area (Å²) in [5.41, 5.74) is 7.47. The Bertz CT molecular complexity index is 346. The van der Waals surface area contributed by atoms with E-state index in [2.05, 4.69) is 5.32 Å². The van der Waals surface area contributed by atoms with Crippen molar-refractivity contribution in [3.63, 3.8) is 0 Å². The molecule has 1 fully saturated rings. The van der Waals surface area contributed by atoms with Gasteiger partial charge in [0.05, 0.1) is 6.10 Å². The molecule has 94 valence electrons. The van der Waals surface area contributed by atoms with E-state index >= 15 is 0 Å². The van der Waals surface area contributed by atoms with E-state index in [-0.39, 0.29) is 0 Å². The Balaban J connectivity index is 1.96. The van der Waals surface area contributed by atoms with Crippen LogP contribution in [0.3, 0.4) is 0 Å². The summed E-state index contributed by atoms with van der Waals surface area (Å²) in [6.07, 6.45) is 3.98. The normalized spacial score (nSPS) is 23.0. The Labute approximate surface area is 103 Å². The van der Waals surface area contributed by atoms with Crippen LogP contribution in [0.1, 0.15) is 37.4 Å². The van der Waals surface area contributed by atoms with E-state index < -0.39 is 6.10 Å². The Morgan fingerprint density at radius 2 is 2.12 bits per heavy atom. The molecule has 1 aliphatic rings. The van der Waals surface area contributed by atoms with Crippen LogP contribution in [0, 0.1) is 5.92 Å². The molecule has 1 aromatic rings. The van der Waals surface area contributed by atoms with Crippen LogP contribution in [-0.2, 0) is 0 Å². The van der Waals surface area contributed by atoms with E-state index in [0.29, 0.717) is 11.6 Å². The van der Waals surface area contributed by atoms with Crippen LogP contribution < -0.4 is 11.1 Å².